The van der Waals surface area contributed by atoms with Crippen molar-refractivity contribution in [2.24, 2.45) is 5.73 Å². The van der Waals surface area contributed by atoms with Crippen LogP contribution in [0.5, 0.6) is 0 Å². The predicted octanol–water partition coefficient (Wildman–Crippen LogP) is 1.94. The number of imidazole rings is 1. The van der Waals surface area contributed by atoms with Crippen molar-refractivity contribution >= 4 is 11.8 Å². The highest BCUT2D eigenvalue weighted by molar-refractivity contribution is 5.93. The van der Waals surface area contributed by atoms with Gasteiger partial charge in [-0.1, -0.05) is 25.0 Å². The van der Waals surface area contributed by atoms with Gasteiger partial charge in [-0.15, -0.1) is 0 Å². The van der Waals surface area contributed by atoms with Crippen molar-refractivity contribution in [2.45, 2.75) is 38.6 Å². The van der Waals surface area contributed by atoms with E-state index in [-0.39, 0.29) is 5.91 Å². The third kappa shape index (κ3) is 4.09. The molecule has 0 unspecified atom stereocenters. The van der Waals surface area contributed by atoms with E-state index < -0.39 is 5.91 Å². The largest absolute Gasteiger partial charge is 0.366 e. The Labute approximate surface area is 164 Å². The molecule has 28 heavy (non-hydrogen) atoms. The molecule has 0 aliphatic carbocycles. The number of aromatic nitrogens is 2. The zero-order valence-corrected chi connectivity index (χ0v) is 16.1. The summed E-state index contributed by atoms with van der Waals surface area (Å²) in [4.78, 5) is 36.2. The Morgan fingerprint density at radius 1 is 1.04 bits per heavy atom. The van der Waals surface area contributed by atoms with Gasteiger partial charge in [-0.2, -0.15) is 0 Å². The molecule has 2 aliphatic heterocycles. The van der Waals surface area contributed by atoms with Gasteiger partial charge in [-0.25, -0.2) is 4.98 Å². The van der Waals surface area contributed by atoms with E-state index in [1.54, 1.807) is 12.1 Å². The van der Waals surface area contributed by atoms with Crippen LogP contribution in [0.1, 0.15) is 47.4 Å². The van der Waals surface area contributed by atoms with Crippen LogP contribution in [0.25, 0.3) is 11.4 Å². The number of nitrogens with zero attached hydrogens (tertiary/aromatic N) is 3. The predicted molar refractivity (Wildman–Crippen MR) is 107 cm³/mol. The maximum Gasteiger partial charge on any atom is 0.248 e. The second-order valence-corrected chi connectivity index (χ2v) is 7.71. The minimum Gasteiger partial charge on any atom is -0.366 e. The van der Waals surface area contributed by atoms with E-state index >= 15 is 0 Å². The standard InChI is InChI=1S/C21H27N5O2/c22-20(28)15-5-7-16(8-6-15)21-23-17-9-12-25(13-18(17)24-21)14-19(27)26-10-3-1-2-4-11-26/h5-8H,1-4,9-14H2,(H2,22,28)(H,23,24). The third-order valence-electron chi connectivity index (χ3n) is 5.67. The number of carbonyl (C=O) groups is 2. The van der Waals surface area contributed by atoms with Gasteiger partial charge in [0.2, 0.25) is 11.8 Å². The first kappa shape index (κ1) is 18.7. The Bertz CT molecular complexity index is 850. The van der Waals surface area contributed by atoms with Crippen LogP contribution in [-0.4, -0.2) is 57.8 Å². The van der Waals surface area contributed by atoms with Crippen LogP contribution in [0.2, 0.25) is 0 Å². The van der Waals surface area contributed by atoms with Crippen molar-refractivity contribution in [3.8, 4) is 11.4 Å². The molecule has 0 saturated carbocycles. The molecule has 0 radical (unpaired) electrons. The number of hydrogen-bond acceptors (Lipinski definition) is 4. The van der Waals surface area contributed by atoms with Crippen LogP contribution >= 0.6 is 0 Å². The molecule has 3 N–H and O–H groups in total. The summed E-state index contributed by atoms with van der Waals surface area (Å²) in [5.74, 6) is 0.601. The summed E-state index contributed by atoms with van der Waals surface area (Å²) in [5, 5.41) is 0. The zero-order chi connectivity index (χ0) is 19.5. The van der Waals surface area contributed by atoms with Crippen LogP contribution < -0.4 is 5.73 Å². The normalized spacial score (nSPS) is 17.8. The number of fused-ring (bicyclic) bond motifs is 1. The molecule has 2 aromatic rings. The van der Waals surface area contributed by atoms with Crippen LogP contribution in [0.3, 0.4) is 0 Å². The summed E-state index contributed by atoms with van der Waals surface area (Å²) in [6, 6.07) is 7.13. The van der Waals surface area contributed by atoms with Crippen molar-refractivity contribution in [3.05, 3.63) is 41.2 Å². The van der Waals surface area contributed by atoms with Gasteiger partial charge < -0.3 is 15.6 Å². The van der Waals surface area contributed by atoms with Gasteiger partial charge in [0.05, 0.1) is 17.9 Å². The van der Waals surface area contributed by atoms with E-state index in [9.17, 15) is 9.59 Å². The van der Waals surface area contributed by atoms with Crippen molar-refractivity contribution in [1.82, 2.24) is 19.8 Å². The molecule has 0 spiro atoms. The smallest absolute Gasteiger partial charge is 0.248 e. The second-order valence-electron chi connectivity index (χ2n) is 7.71. The van der Waals surface area contributed by atoms with Gasteiger partial charge in [0.1, 0.15) is 5.82 Å². The fourth-order valence-electron chi connectivity index (χ4n) is 4.03. The molecule has 1 fully saturated rings. The highest BCUT2D eigenvalue weighted by Crippen LogP contribution is 2.23. The first-order valence-corrected chi connectivity index (χ1v) is 10.1. The molecule has 2 aliphatic rings. The highest BCUT2D eigenvalue weighted by Gasteiger charge is 2.24. The van der Waals surface area contributed by atoms with E-state index in [4.69, 9.17) is 10.7 Å². The lowest BCUT2D eigenvalue weighted by molar-refractivity contribution is -0.132. The number of hydrogen-bond donors (Lipinski definition) is 2. The number of nitrogens with one attached hydrogen (secondary N) is 1. The average molecular weight is 381 g/mol. The van der Waals surface area contributed by atoms with E-state index in [1.807, 2.05) is 17.0 Å². The molecule has 7 nitrogen and oxygen atoms in total. The molecule has 148 valence electrons. The molecule has 0 bridgehead atoms. The molecule has 7 heteroatoms. The van der Waals surface area contributed by atoms with E-state index in [1.165, 1.54) is 12.8 Å². The summed E-state index contributed by atoms with van der Waals surface area (Å²) < 4.78 is 0. The summed E-state index contributed by atoms with van der Waals surface area (Å²) in [7, 11) is 0. The summed E-state index contributed by atoms with van der Waals surface area (Å²) in [5.41, 5.74) is 8.84. The van der Waals surface area contributed by atoms with Gasteiger partial charge >= 0.3 is 0 Å². The second kappa shape index (κ2) is 8.14. The van der Waals surface area contributed by atoms with Crippen molar-refractivity contribution < 1.29 is 9.59 Å². The van der Waals surface area contributed by atoms with Crippen molar-refractivity contribution in [2.75, 3.05) is 26.2 Å². The monoisotopic (exact) mass is 381 g/mol. The first-order valence-electron chi connectivity index (χ1n) is 10.1. The van der Waals surface area contributed by atoms with Crippen molar-refractivity contribution in [3.63, 3.8) is 0 Å². The van der Waals surface area contributed by atoms with Crippen molar-refractivity contribution in [1.29, 1.82) is 0 Å². The van der Waals surface area contributed by atoms with Gasteiger partial charge in [0, 0.05) is 43.7 Å². The fraction of sp³-hybridized carbons (Fsp3) is 0.476. The number of nitrogens with two attached hydrogens (primary N) is 1. The quantitative estimate of drug-likeness (QED) is 0.846. The summed E-state index contributed by atoms with van der Waals surface area (Å²) in [6.07, 6.45) is 5.53. The molecule has 0 atom stereocenters. The third-order valence-corrected chi connectivity index (χ3v) is 5.67. The number of aromatic amines is 1. The minimum absolute atomic E-state index is 0.243. The number of likely N-dealkylation sites (tertiary alicyclic amines) is 1. The van der Waals surface area contributed by atoms with E-state index in [0.717, 1.165) is 61.7 Å². The number of benzene rings is 1. The van der Waals surface area contributed by atoms with E-state index in [2.05, 4.69) is 9.88 Å². The number of amides is 2. The molecular formula is C21H27N5O2. The molecular weight excluding hydrogens is 354 g/mol. The fourth-order valence-corrected chi connectivity index (χ4v) is 4.03. The van der Waals surface area contributed by atoms with Gasteiger partial charge in [-0.3, -0.25) is 14.5 Å². The van der Waals surface area contributed by atoms with E-state index in [0.29, 0.717) is 18.7 Å². The van der Waals surface area contributed by atoms with Gasteiger partial charge in [0.15, 0.2) is 0 Å². The lowest BCUT2D eigenvalue weighted by Crippen LogP contribution is -2.42. The lowest BCUT2D eigenvalue weighted by Gasteiger charge is -2.28. The summed E-state index contributed by atoms with van der Waals surface area (Å²) in [6.45, 7) is 3.82. The lowest BCUT2D eigenvalue weighted by atomic mass is 10.1. The molecule has 2 amide bonds. The molecule has 3 heterocycles. The highest BCUT2D eigenvalue weighted by atomic mass is 16.2. The Morgan fingerprint density at radius 2 is 1.75 bits per heavy atom. The number of rotatable bonds is 4. The summed E-state index contributed by atoms with van der Waals surface area (Å²) >= 11 is 0. The first-order chi connectivity index (χ1) is 13.6. The number of primary amides is 1. The maximum atomic E-state index is 12.7. The zero-order valence-electron chi connectivity index (χ0n) is 16.1. The van der Waals surface area contributed by atoms with Gasteiger partial charge in [0.25, 0.3) is 0 Å². The van der Waals surface area contributed by atoms with Crippen LogP contribution in [0.15, 0.2) is 24.3 Å². The van der Waals surface area contributed by atoms with Crippen LogP contribution in [0, 0.1) is 0 Å². The molecule has 1 aromatic carbocycles. The Hall–Kier alpha value is -2.67. The van der Waals surface area contributed by atoms with Crippen LogP contribution in [0.4, 0.5) is 0 Å². The Morgan fingerprint density at radius 3 is 2.43 bits per heavy atom. The Balaban J connectivity index is 1.41. The topological polar surface area (TPSA) is 95.3 Å². The Kier molecular flexibility index (Phi) is 5.43. The number of H-pyrrole nitrogens is 1. The number of carbonyl (C=O) groups excluding carboxylic acids is 2. The molecule has 4 rings (SSSR count). The van der Waals surface area contributed by atoms with Crippen LogP contribution in [-0.2, 0) is 17.8 Å². The maximum absolute atomic E-state index is 12.7. The average Bonchev–Trinajstić information content (AvgIpc) is 2.92. The molecule has 1 aromatic heterocycles. The SMILES string of the molecule is NC(=O)c1ccc(-c2nc3c([nH]2)CN(CC(=O)N2CCCCCC2)CC3)cc1. The molecule has 1 saturated heterocycles. The van der Waals surface area contributed by atoms with Gasteiger partial charge in [-0.05, 0) is 25.0 Å². The minimum atomic E-state index is -0.435.